The van der Waals surface area contributed by atoms with E-state index < -0.39 is 0 Å². The van der Waals surface area contributed by atoms with Gasteiger partial charge in [-0.15, -0.1) is 0 Å². The Balaban J connectivity index is 1.18. The van der Waals surface area contributed by atoms with Crippen LogP contribution in [0.3, 0.4) is 0 Å². The van der Waals surface area contributed by atoms with Gasteiger partial charge in [0.25, 0.3) is 0 Å². The van der Waals surface area contributed by atoms with E-state index in [9.17, 15) is 0 Å². The first-order valence-electron chi connectivity index (χ1n) is 17.9. The summed E-state index contributed by atoms with van der Waals surface area (Å²) in [5.41, 5.74) is 21.0. The largest absolute Gasteiger partial charge is 0.0725 e. The molecule has 9 aromatic rings. The maximum atomic E-state index is 2.58. The molecule has 0 radical (unpaired) electrons. The molecule has 0 aliphatic heterocycles. The van der Waals surface area contributed by atoms with Crippen molar-refractivity contribution in [3.63, 3.8) is 0 Å². The molecule has 3 aliphatic carbocycles. The molecular weight excluding hydrogens is 613 g/mol. The normalized spacial score (nSPS) is 13.6. The van der Waals surface area contributed by atoms with Gasteiger partial charge < -0.3 is 0 Å². The first-order chi connectivity index (χ1) is 25.3. The molecule has 234 valence electrons. The fraction of sp³-hybridized carbons (Fsp3) is 0.0196. The zero-order chi connectivity index (χ0) is 33.3. The van der Waals surface area contributed by atoms with Gasteiger partial charge in [-0.25, -0.2) is 0 Å². The van der Waals surface area contributed by atoms with Crippen LogP contribution in [0, 0.1) is 0 Å². The fourth-order valence-electron chi connectivity index (χ4n) is 10.1. The first kappa shape index (κ1) is 27.3. The lowest BCUT2D eigenvalue weighted by atomic mass is 9.70. The van der Waals surface area contributed by atoms with Gasteiger partial charge >= 0.3 is 0 Å². The van der Waals surface area contributed by atoms with E-state index in [1.165, 1.54) is 111 Å². The highest BCUT2D eigenvalue weighted by Crippen LogP contribution is 2.65. The number of fused-ring (bicyclic) bond motifs is 15. The van der Waals surface area contributed by atoms with Crippen molar-refractivity contribution in [2.45, 2.75) is 5.41 Å². The predicted octanol–water partition coefficient (Wildman–Crippen LogP) is 13.3. The average Bonchev–Trinajstić information content (AvgIpc) is 3.80. The van der Waals surface area contributed by atoms with Crippen LogP contribution >= 0.6 is 0 Å². The van der Waals surface area contributed by atoms with E-state index in [-0.39, 0.29) is 5.41 Å². The molecule has 0 bridgehead atoms. The lowest BCUT2D eigenvalue weighted by molar-refractivity contribution is 0.795. The highest BCUT2D eigenvalue weighted by atomic mass is 14.5. The van der Waals surface area contributed by atoms with Crippen LogP contribution in [0.1, 0.15) is 22.3 Å². The third kappa shape index (κ3) is 3.35. The molecule has 0 saturated carbocycles. The van der Waals surface area contributed by atoms with Gasteiger partial charge in [-0.05, 0) is 129 Å². The molecule has 0 saturated heterocycles. The lowest BCUT2D eigenvalue weighted by Gasteiger charge is -2.30. The zero-order valence-electron chi connectivity index (χ0n) is 27.8. The quantitative estimate of drug-likeness (QED) is 0.176. The number of benzene rings is 9. The Morgan fingerprint density at radius 2 is 0.824 bits per heavy atom. The molecule has 1 spiro atoms. The predicted molar refractivity (Wildman–Crippen MR) is 213 cm³/mol. The van der Waals surface area contributed by atoms with Gasteiger partial charge in [-0.2, -0.15) is 0 Å². The maximum absolute atomic E-state index is 2.58. The van der Waals surface area contributed by atoms with E-state index in [4.69, 9.17) is 0 Å². The summed E-state index contributed by atoms with van der Waals surface area (Å²) in [6, 6.07) is 68.3. The Labute approximate surface area is 296 Å². The summed E-state index contributed by atoms with van der Waals surface area (Å²) in [6.07, 6.45) is 0. The van der Waals surface area contributed by atoms with Crippen LogP contribution in [0.4, 0.5) is 0 Å². The zero-order valence-corrected chi connectivity index (χ0v) is 27.8. The van der Waals surface area contributed by atoms with Gasteiger partial charge in [0, 0.05) is 0 Å². The van der Waals surface area contributed by atoms with E-state index >= 15 is 0 Å². The second kappa shape index (κ2) is 9.81. The standard InChI is InChI=1S/C51H30/c1-2-14-31(15-3-1)33-17-4-5-18-34(33)35-22-12-16-32-28-42-38-23-13-24-40-49(38)44(43(42)29-41(32)35)30-48-50(40)39-21-8-11-27-47(39)51(48)45-25-9-6-19-36(45)37-20-7-10-26-46(37)51/h1-30H. The summed E-state index contributed by atoms with van der Waals surface area (Å²) in [4.78, 5) is 0. The highest BCUT2D eigenvalue weighted by Gasteiger charge is 2.52. The molecule has 12 rings (SSSR count). The van der Waals surface area contributed by atoms with Crippen molar-refractivity contribution in [3.05, 3.63) is 204 Å². The Morgan fingerprint density at radius 3 is 1.57 bits per heavy atom. The monoisotopic (exact) mass is 642 g/mol. The first-order valence-corrected chi connectivity index (χ1v) is 17.9. The fourth-order valence-corrected chi connectivity index (χ4v) is 10.1. The minimum absolute atomic E-state index is 0.376. The van der Waals surface area contributed by atoms with E-state index in [1.54, 1.807) is 0 Å². The van der Waals surface area contributed by atoms with Crippen molar-refractivity contribution in [2.75, 3.05) is 0 Å². The smallest absolute Gasteiger partial charge is 0.0622 e. The molecule has 9 aromatic carbocycles. The third-order valence-corrected chi connectivity index (χ3v) is 12.0. The van der Waals surface area contributed by atoms with Crippen LogP contribution in [0.5, 0.6) is 0 Å². The van der Waals surface area contributed by atoms with Crippen LogP contribution < -0.4 is 0 Å². The van der Waals surface area contributed by atoms with Crippen molar-refractivity contribution in [2.24, 2.45) is 0 Å². The minimum atomic E-state index is -0.376. The summed E-state index contributed by atoms with van der Waals surface area (Å²) in [7, 11) is 0. The third-order valence-electron chi connectivity index (χ3n) is 12.0. The van der Waals surface area contributed by atoms with Gasteiger partial charge in [-0.1, -0.05) is 164 Å². The average molecular weight is 643 g/mol. The topological polar surface area (TPSA) is 0 Å². The molecule has 0 heterocycles. The summed E-state index contributed by atoms with van der Waals surface area (Å²) in [6.45, 7) is 0. The molecule has 0 atom stereocenters. The van der Waals surface area contributed by atoms with Gasteiger partial charge in [0.05, 0.1) is 5.41 Å². The molecule has 0 heteroatoms. The van der Waals surface area contributed by atoms with Gasteiger partial charge in [0.2, 0.25) is 0 Å². The molecule has 51 heavy (non-hydrogen) atoms. The Bertz CT molecular complexity index is 2920. The van der Waals surface area contributed by atoms with Crippen molar-refractivity contribution in [3.8, 4) is 66.8 Å². The van der Waals surface area contributed by atoms with Crippen LogP contribution in [0.2, 0.25) is 0 Å². The molecule has 0 nitrogen and oxygen atoms in total. The number of rotatable bonds is 2. The number of hydrogen-bond acceptors (Lipinski definition) is 0. The van der Waals surface area contributed by atoms with E-state index in [0.717, 1.165) is 0 Å². The van der Waals surface area contributed by atoms with Gasteiger partial charge in [0.15, 0.2) is 0 Å². The Kier molecular flexibility index (Phi) is 5.26. The van der Waals surface area contributed by atoms with E-state index in [1.807, 2.05) is 0 Å². The van der Waals surface area contributed by atoms with Crippen LogP contribution in [0.15, 0.2) is 182 Å². The maximum Gasteiger partial charge on any atom is 0.0725 e. The molecule has 0 amide bonds. The van der Waals surface area contributed by atoms with Crippen molar-refractivity contribution in [1.82, 2.24) is 0 Å². The van der Waals surface area contributed by atoms with Crippen molar-refractivity contribution in [1.29, 1.82) is 0 Å². The lowest BCUT2D eigenvalue weighted by Crippen LogP contribution is -2.25. The summed E-state index contributed by atoms with van der Waals surface area (Å²) in [5, 5.41) is 5.28. The Hall–Kier alpha value is -6.50. The summed E-state index contributed by atoms with van der Waals surface area (Å²) < 4.78 is 0. The van der Waals surface area contributed by atoms with Gasteiger partial charge in [0.1, 0.15) is 0 Å². The second-order valence-electron chi connectivity index (χ2n) is 14.3. The summed E-state index contributed by atoms with van der Waals surface area (Å²) >= 11 is 0. The van der Waals surface area contributed by atoms with Gasteiger partial charge in [-0.3, -0.25) is 0 Å². The molecular formula is C51H30. The molecule has 3 aliphatic rings. The highest BCUT2D eigenvalue weighted by molar-refractivity contribution is 6.23. The molecule has 0 aromatic heterocycles. The van der Waals surface area contributed by atoms with E-state index in [0.29, 0.717) is 0 Å². The van der Waals surface area contributed by atoms with Crippen LogP contribution in [0.25, 0.3) is 88.3 Å². The SMILES string of the molecule is c1ccc(-c2ccccc2-c2cccc3cc4c(cc23)-c2cc3c(c5cccc-4c25)-c2ccccc2C32c3ccccc3-c3ccccc32)cc1. The van der Waals surface area contributed by atoms with E-state index in [2.05, 4.69) is 182 Å². The Morgan fingerprint density at radius 1 is 0.275 bits per heavy atom. The second-order valence-corrected chi connectivity index (χ2v) is 14.3. The molecule has 0 unspecified atom stereocenters. The molecule has 0 N–H and O–H groups in total. The van der Waals surface area contributed by atoms with Crippen molar-refractivity contribution >= 4 is 21.5 Å². The number of hydrogen-bond donors (Lipinski definition) is 0. The van der Waals surface area contributed by atoms with Crippen molar-refractivity contribution < 1.29 is 0 Å². The minimum Gasteiger partial charge on any atom is -0.0622 e. The van der Waals surface area contributed by atoms with Crippen LogP contribution in [-0.2, 0) is 5.41 Å². The van der Waals surface area contributed by atoms with Crippen LogP contribution in [-0.4, -0.2) is 0 Å². The summed E-state index contributed by atoms with van der Waals surface area (Å²) in [5.74, 6) is 0. The molecule has 0 fully saturated rings.